The van der Waals surface area contributed by atoms with Crippen LogP contribution in [0, 0.1) is 11.3 Å². The molecule has 5 heteroatoms. The first-order chi connectivity index (χ1) is 10.7. The topological polar surface area (TPSA) is 82.3 Å². The first-order valence-corrected chi connectivity index (χ1v) is 7.34. The number of nitrogens with zero attached hydrogens (tertiary/aromatic N) is 1. The Bertz CT molecular complexity index is 800. The van der Waals surface area contributed by atoms with Crippen LogP contribution in [0.2, 0.25) is 0 Å². The molecule has 110 valence electrons. The van der Waals surface area contributed by atoms with Gasteiger partial charge in [-0.1, -0.05) is 18.2 Å². The van der Waals surface area contributed by atoms with Crippen LogP contribution >= 0.6 is 0 Å². The number of fused-ring (bicyclic) bond motifs is 3. The van der Waals surface area contributed by atoms with E-state index in [0.29, 0.717) is 24.1 Å². The molecule has 1 unspecified atom stereocenters. The van der Waals surface area contributed by atoms with Crippen molar-refractivity contribution in [3.05, 3.63) is 52.5 Å². The molecule has 0 saturated heterocycles. The Hall–Kier alpha value is -2.74. The number of rotatable bonds is 0. The van der Waals surface area contributed by atoms with E-state index >= 15 is 0 Å². The lowest BCUT2D eigenvalue weighted by Gasteiger charge is -2.38. The second-order valence-electron chi connectivity index (χ2n) is 5.74. The molecule has 2 heterocycles. The largest absolute Gasteiger partial charge is 0.480 e. The number of carbonyl (C=O) groups excluding carboxylic acids is 1. The van der Waals surface area contributed by atoms with Crippen LogP contribution in [0.4, 0.5) is 5.69 Å². The lowest BCUT2D eigenvalue weighted by molar-refractivity contribution is -0.137. The molecule has 3 aliphatic rings. The smallest absolute Gasteiger partial charge is 0.297 e. The van der Waals surface area contributed by atoms with E-state index in [2.05, 4.69) is 5.32 Å². The second-order valence-corrected chi connectivity index (χ2v) is 5.74. The van der Waals surface area contributed by atoms with Gasteiger partial charge >= 0.3 is 0 Å². The molecule has 1 aromatic rings. The van der Waals surface area contributed by atoms with Crippen molar-refractivity contribution >= 4 is 11.6 Å². The Kier molecular flexibility index (Phi) is 2.58. The molecular formula is C17H14N2O3. The molecule has 1 atom stereocenters. The Labute approximate surface area is 127 Å². The minimum atomic E-state index is -1.32. The number of nitriles is 1. The minimum Gasteiger partial charge on any atom is -0.480 e. The van der Waals surface area contributed by atoms with Gasteiger partial charge in [0.15, 0.2) is 0 Å². The average Bonchev–Trinajstić information content (AvgIpc) is 2.81. The van der Waals surface area contributed by atoms with Crippen molar-refractivity contribution in [2.45, 2.75) is 31.3 Å². The second kappa shape index (κ2) is 4.38. The molecule has 22 heavy (non-hydrogen) atoms. The fourth-order valence-corrected chi connectivity index (χ4v) is 3.70. The third kappa shape index (κ3) is 1.44. The summed E-state index contributed by atoms with van der Waals surface area (Å²) in [6.07, 6.45) is 3.26. The molecule has 5 nitrogen and oxygen atoms in total. The van der Waals surface area contributed by atoms with E-state index in [9.17, 15) is 15.2 Å². The highest BCUT2D eigenvalue weighted by Gasteiger charge is 2.56. The van der Waals surface area contributed by atoms with Crippen LogP contribution in [0.25, 0.3) is 0 Å². The molecule has 1 aliphatic carbocycles. The van der Waals surface area contributed by atoms with Gasteiger partial charge in [0, 0.05) is 11.3 Å². The van der Waals surface area contributed by atoms with Gasteiger partial charge in [0.1, 0.15) is 11.6 Å². The van der Waals surface area contributed by atoms with Crippen LogP contribution in [-0.2, 0) is 15.1 Å². The number of anilines is 1. The van der Waals surface area contributed by atoms with E-state index in [4.69, 9.17) is 4.74 Å². The van der Waals surface area contributed by atoms with Crippen LogP contribution in [-0.4, -0.2) is 11.0 Å². The lowest BCUT2D eigenvalue weighted by Crippen LogP contribution is -2.43. The van der Waals surface area contributed by atoms with E-state index in [1.165, 1.54) is 0 Å². The molecule has 1 spiro atoms. The summed E-state index contributed by atoms with van der Waals surface area (Å²) >= 11 is 0. The molecular weight excluding hydrogens is 280 g/mol. The minimum absolute atomic E-state index is 0.164. The standard InChI is InChI=1S/C17H14N2O3/c18-9-11-10-5-1-2-6-12(10)17(22-15(11)20)13-7-3-4-8-14(13)19-16(17)21/h3-4,7-8,20H,1-2,5-6H2,(H,19,21). The van der Waals surface area contributed by atoms with Gasteiger partial charge in [-0.2, -0.15) is 5.26 Å². The Morgan fingerprint density at radius 1 is 1.27 bits per heavy atom. The zero-order valence-electron chi connectivity index (χ0n) is 11.8. The Morgan fingerprint density at radius 2 is 2.05 bits per heavy atom. The maximum atomic E-state index is 12.7. The van der Waals surface area contributed by atoms with Gasteiger partial charge < -0.3 is 15.2 Å². The summed E-state index contributed by atoms with van der Waals surface area (Å²) in [5.74, 6) is -0.748. The summed E-state index contributed by atoms with van der Waals surface area (Å²) in [6.45, 7) is 0. The molecule has 4 rings (SSSR count). The van der Waals surface area contributed by atoms with E-state index in [1.807, 2.05) is 30.3 Å². The van der Waals surface area contributed by atoms with Crippen molar-refractivity contribution in [3.8, 4) is 6.07 Å². The number of aliphatic hydroxyl groups is 1. The zero-order valence-corrected chi connectivity index (χ0v) is 11.8. The third-order valence-electron chi connectivity index (χ3n) is 4.64. The van der Waals surface area contributed by atoms with Gasteiger partial charge in [0.25, 0.3) is 11.9 Å². The number of benzene rings is 1. The van der Waals surface area contributed by atoms with Crippen LogP contribution in [0.15, 0.2) is 46.9 Å². The Balaban J connectivity index is 2.01. The SMILES string of the molecule is N#CC1=C(O)OC2(C(=O)Nc3ccccc32)C2=C1CCCC2. The number of amides is 1. The molecule has 2 N–H and O–H groups in total. The fourth-order valence-electron chi connectivity index (χ4n) is 3.70. The fraction of sp³-hybridized carbons (Fsp3) is 0.294. The summed E-state index contributed by atoms with van der Waals surface area (Å²) in [4.78, 5) is 12.7. The van der Waals surface area contributed by atoms with Crippen LogP contribution in [0.5, 0.6) is 0 Å². The van der Waals surface area contributed by atoms with Gasteiger partial charge in [-0.3, -0.25) is 4.79 Å². The van der Waals surface area contributed by atoms with Crippen LogP contribution < -0.4 is 5.32 Å². The van der Waals surface area contributed by atoms with Crippen molar-refractivity contribution < 1.29 is 14.6 Å². The number of carbonyl (C=O) groups is 1. The lowest BCUT2D eigenvalue weighted by atomic mass is 9.74. The number of allylic oxidation sites excluding steroid dienone is 2. The molecule has 0 bridgehead atoms. The van der Waals surface area contributed by atoms with Crippen molar-refractivity contribution in [1.29, 1.82) is 5.26 Å². The molecule has 0 saturated carbocycles. The number of hydrogen-bond donors (Lipinski definition) is 2. The summed E-state index contributed by atoms with van der Waals surface area (Å²) in [7, 11) is 0. The highest BCUT2D eigenvalue weighted by molar-refractivity contribution is 6.08. The third-order valence-corrected chi connectivity index (χ3v) is 4.64. The van der Waals surface area contributed by atoms with Crippen molar-refractivity contribution in [1.82, 2.24) is 0 Å². The van der Waals surface area contributed by atoms with Gasteiger partial charge in [-0.05, 0) is 42.9 Å². The van der Waals surface area contributed by atoms with Crippen LogP contribution in [0.1, 0.15) is 31.2 Å². The van der Waals surface area contributed by atoms with Gasteiger partial charge in [-0.25, -0.2) is 0 Å². The van der Waals surface area contributed by atoms with E-state index < -0.39 is 11.5 Å². The molecule has 1 aromatic carbocycles. The maximum absolute atomic E-state index is 12.7. The Morgan fingerprint density at radius 3 is 2.86 bits per heavy atom. The van der Waals surface area contributed by atoms with Crippen molar-refractivity contribution in [2.75, 3.05) is 5.32 Å². The van der Waals surface area contributed by atoms with Gasteiger partial charge in [0.2, 0.25) is 5.60 Å². The number of aliphatic hydroxyl groups excluding tert-OH is 1. The summed E-state index contributed by atoms with van der Waals surface area (Å²) in [6, 6.07) is 9.34. The summed E-state index contributed by atoms with van der Waals surface area (Å²) in [5, 5.41) is 22.3. The highest BCUT2D eigenvalue weighted by atomic mass is 16.6. The predicted molar refractivity (Wildman–Crippen MR) is 78.6 cm³/mol. The van der Waals surface area contributed by atoms with Gasteiger partial charge in [-0.15, -0.1) is 0 Å². The van der Waals surface area contributed by atoms with E-state index in [-0.39, 0.29) is 11.5 Å². The van der Waals surface area contributed by atoms with E-state index in [1.54, 1.807) is 0 Å². The number of hydrogen-bond acceptors (Lipinski definition) is 4. The normalized spacial score (nSPS) is 26.2. The molecule has 0 radical (unpaired) electrons. The highest BCUT2D eigenvalue weighted by Crippen LogP contribution is 2.52. The van der Waals surface area contributed by atoms with Crippen molar-refractivity contribution in [2.24, 2.45) is 0 Å². The number of nitrogens with one attached hydrogen (secondary N) is 1. The molecule has 2 aliphatic heterocycles. The monoisotopic (exact) mass is 294 g/mol. The average molecular weight is 294 g/mol. The summed E-state index contributed by atoms with van der Waals surface area (Å²) < 4.78 is 5.69. The first-order valence-electron chi connectivity index (χ1n) is 7.34. The van der Waals surface area contributed by atoms with E-state index in [0.717, 1.165) is 24.0 Å². The molecule has 1 amide bonds. The quantitative estimate of drug-likeness (QED) is 0.770. The number of para-hydroxylation sites is 1. The van der Waals surface area contributed by atoms with Gasteiger partial charge in [0.05, 0.1) is 0 Å². The predicted octanol–water partition coefficient (Wildman–Crippen LogP) is 3.03. The number of ether oxygens (including phenoxy) is 1. The first kappa shape index (κ1) is 13.0. The maximum Gasteiger partial charge on any atom is 0.297 e. The zero-order chi connectivity index (χ0) is 15.3. The molecule has 0 fully saturated rings. The van der Waals surface area contributed by atoms with Crippen LogP contribution in [0.3, 0.4) is 0 Å². The molecule has 0 aromatic heterocycles. The van der Waals surface area contributed by atoms with Crippen molar-refractivity contribution in [3.63, 3.8) is 0 Å². The summed E-state index contributed by atoms with van der Waals surface area (Å²) in [5.41, 5.74) is 1.82.